The number of nitrogens with zero attached hydrogens (tertiary/aromatic N) is 2. The third-order valence-electron chi connectivity index (χ3n) is 6.68. The molecule has 3 aromatic rings. The lowest BCUT2D eigenvalue weighted by Gasteiger charge is -2.29. The fourth-order valence-corrected chi connectivity index (χ4v) is 5.22. The molecule has 2 aromatic carbocycles. The predicted octanol–water partition coefficient (Wildman–Crippen LogP) is 4.16. The van der Waals surface area contributed by atoms with Crippen molar-refractivity contribution in [2.75, 3.05) is 26.5 Å². The highest BCUT2D eigenvalue weighted by molar-refractivity contribution is 6.01. The number of hydrogen-bond acceptors (Lipinski definition) is 6. The molecule has 3 aliphatic heterocycles. The Bertz CT molecular complexity index is 1340. The van der Waals surface area contributed by atoms with Crippen molar-refractivity contribution in [3.05, 3.63) is 65.9 Å². The van der Waals surface area contributed by atoms with E-state index in [0.717, 1.165) is 27.6 Å². The molecule has 6 rings (SSSR count). The SMILES string of the molecule is C=CCN1CCc2cn(C(=O)OCC)c3ccc4c(c23)[C@H](C1=O)[C@H](c1ccc2c(c1)OCO2)O4. The van der Waals surface area contributed by atoms with Crippen LogP contribution in [0.1, 0.15) is 35.6 Å². The topological polar surface area (TPSA) is 79.2 Å². The molecule has 0 spiro atoms. The molecule has 0 saturated carbocycles. The minimum atomic E-state index is -0.573. The van der Waals surface area contributed by atoms with Crippen LogP contribution in [0.3, 0.4) is 0 Å². The summed E-state index contributed by atoms with van der Waals surface area (Å²) >= 11 is 0. The molecule has 1 amide bonds. The third-order valence-corrected chi connectivity index (χ3v) is 6.68. The fourth-order valence-electron chi connectivity index (χ4n) is 5.22. The van der Waals surface area contributed by atoms with Crippen molar-refractivity contribution in [3.63, 3.8) is 0 Å². The lowest BCUT2D eigenvalue weighted by Crippen LogP contribution is -2.39. The average Bonchev–Trinajstić information content (AvgIpc) is 3.54. The first-order valence-electron chi connectivity index (χ1n) is 11.4. The summed E-state index contributed by atoms with van der Waals surface area (Å²) in [5.74, 6) is 1.36. The van der Waals surface area contributed by atoms with Gasteiger partial charge in [0.05, 0.1) is 12.1 Å². The molecular formula is C26H24N2O6. The lowest BCUT2D eigenvalue weighted by molar-refractivity contribution is -0.133. The summed E-state index contributed by atoms with van der Waals surface area (Å²) in [5, 5.41) is 0.894. The zero-order chi connectivity index (χ0) is 23.4. The Morgan fingerprint density at radius 3 is 2.85 bits per heavy atom. The average molecular weight is 460 g/mol. The molecule has 0 radical (unpaired) electrons. The number of carbonyl (C=O) groups is 2. The summed E-state index contributed by atoms with van der Waals surface area (Å²) in [6.07, 6.45) is 3.20. The Kier molecular flexibility index (Phi) is 4.76. The van der Waals surface area contributed by atoms with E-state index in [1.54, 1.807) is 17.9 Å². The monoisotopic (exact) mass is 460 g/mol. The van der Waals surface area contributed by atoms with Crippen LogP contribution in [0.2, 0.25) is 0 Å². The molecule has 8 heteroatoms. The normalized spacial score (nSPS) is 20.1. The molecular weight excluding hydrogens is 436 g/mol. The van der Waals surface area contributed by atoms with Crippen LogP contribution >= 0.6 is 0 Å². The molecule has 0 saturated heterocycles. The molecule has 0 fully saturated rings. The number of hydrogen-bond donors (Lipinski definition) is 0. The molecule has 8 nitrogen and oxygen atoms in total. The van der Waals surface area contributed by atoms with Crippen molar-refractivity contribution < 1.29 is 28.5 Å². The minimum Gasteiger partial charge on any atom is -0.484 e. The maximum absolute atomic E-state index is 13.9. The number of fused-ring (bicyclic) bond motifs is 1. The van der Waals surface area contributed by atoms with Gasteiger partial charge in [0, 0.05) is 30.2 Å². The van der Waals surface area contributed by atoms with Gasteiger partial charge in [-0.25, -0.2) is 4.79 Å². The van der Waals surface area contributed by atoms with Crippen molar-refractivity contribution >= 4 is 22.9 Å². The molecule has 3 aliphatic rings. The van der Waals surface area contributed by atoms with Crippen LogP contribution in [-0.4, -0.2) is 48.0 Å². The Morgan fingerprint density at radius 1 is 1.21 bits per heavy atom. The Labute approximate surface area is 196 Å². The number of carbonyl (C=O) groups excluding carboxylic acids is 2. The van der Waals surface area contributed by atoms with E-state index >= 15 is 0 Å². The molecule has 0 unspecified atom stereocenters. The molecule has 0 bridgehead atoms. The standard InChI is InChI=1S/C26H24N2O6/c1-3-10-27-11-9-16-13-28(26(30)31-4-2)17-6-8-19-22(21(16)17)23(25(27)29)24(34-19)15-5-7-18-20(12-15)33-14-32-18/h3,5-8,12-13,23-24H,1,4,9-11,14H2,2H3/t23-,24-/m0/s1. The van der Waals surface area contributed by atoms with E-state index in [9.17, 15) is 9.59 Å². The summed E-state index contributed by atoms with van der Waals surface area (Å²) in [6, 6.07) is 9.34. The Balaban J connectivity index is 1.54. The van der Waals surface area contributed by atoms with Crippen molar-refractivity contribution in [2.24, 2.45) is 0 Å². The molecule has 0 N–H and O–H groups in total. The second-order valence-corrected chi connectivity index (χ2v) is 8.55. The molecule has 2 atom stereocenters. The first-order valence-corrected chi connectivity index (χ1v) is 11.4. The van der Waals surface area contributed by atoms with E-state index in [0.29, 0.717) is 36.8 Å². The van der Waals surface area contributed by atoms with Crippen LogP contribution in [0.4, 0.5) is 4.79 Å². The van der Waals surface area contributed by atoms with Gasteiger partial charge in [-0.15, -0.1) is 6.58 Å². The van der Waals surface area contributed by atoms with E-state index in [2.05, 4.69) is 6.58 Å². The molecule has 0 aliphatic carbocycles. The number of benzene rings is 2. The summed E-state index contributed by atoms with van der Waals surface area (Å²) < 4.78 is 24.3. The van der Waals surface area contributed by atoms with Crippen LogP contribution < -0.4 is 14.2 Å². The summed E-state index contributed by atoms with van der Waals surface area (Å²) in [4.78, 5) is 28.4. The van der Waals surface area contributed by atoms with E-state index in [1.807, 2.05) is 36.5 Å². The number of ether oxygens (including phenoxy) is 4. The van der Waals surface area contributed by atoms with Crippen molar-refractivity contribution in [2.45, 2.75) is 25.4 Å². The van der Waals surface area contributed by atoms with E-state index < -0.39 is 18.1 Å². The van der Waals surface area contributed by atoms with Gasteiger partial charge in [-0.1, -0.05) is 12.1 Å². The summed E-state index contributed by atoms with van der Waals surface area (Å²) in [6.45, 7) is 7.01. The van der Waals surface area contributed by atoms with Gasteiger partial charge in [-0.2, -0.15) is 0 Å². The quantitative estimate of drug-likeness (QED) is 0.544. The zero-order valence-electron chi connectivity index (χ0n) is 18.8. The van der Waals surface area contributed by atoms with Gasteiger partial charge in [0.25, 0.3) is 0 Å². The van der Waals surface area contributed by atoms with Gasteiger partial charge in [0.1, 0.15) is 17.8 Å². The fraction of sp³-hybridized carbons (Fsp3) is 0.308. The highest BCUT2D eigenvalue weighted by atomic mass is 16.7. The summed E-state index contributed by atoms with van der Waals surface area (Å²) in [5.41, 5.74) is 3.35. The second kappa shape index (κ2) is 7.83. The van der Waals surface area contributed by atoms with Gasteiger partial charge in [-0.05, 0) is 48.7 Å². The summed E-state index contributed by atoms with van der Waals surface area (Å²) in [7, 11) is 0. The van der Waals surface area contributed by atoms with Gasteiger partial charge in [0.15, 0.2) is 11.5 Å². The van der Waals surface area contributed by atoms with Gasteiger partial charge in [0.2, 0.25) is 12.7 Å². The van der Waals surface area contributed by atoms with E-state index in [1.165, 1.54) is 4.57 Å². The maximum Gasteiger partial charge on any atom is 0.418 e. The van der Waals surface area contributed by atoms with Crippen molar-refractivity contribution in [3.8, 4) is 17.2 Å². The highest BCUT2D eigenvalue weighted by Gasteiger charge is 2.45. The van der Waals surface area contributed by atoms with Gasteiger partial charge in [-0.3, -0.25) is 9.36 Å². The number of amides is 1. The van der Waals surface area contributed by atoms with Gasteiger partial charge < -0.3 is 23.8 Å². The van der Waals surface area contributed by atoms with E-state index in [4.69, 9.17) is 18.9 Å². The van der Waals surface area contributed by atoms with Crippen LogP contribution in [0.25, 0.3) is 10.9 Å². The molecule has 4 heterocycles. The zero-order valence-corrected chi connectivity index (χ0v) is 18.8. The van der Waals surface area contributed by atoms with Crippen LogP contribution in [0.5, 0.6) is 17.2 Å². The van der Waals surface area contributed by atoms with Crippen LogP contribution in [-0.2, 0) is 16.0 Å². The maximum atomic E-state index is 13.9. The Morgan fingerprint density at radius 2 is 2.03 bits per heavy atom. The lowest BCUT2D eigenvalue weighted by atomic mass is 9.85. The first kappa shape index (κ1) is 20.7. The van der Waals surface area contributed by atoms with E-state index in [-0.39, 0.29) is 19.3 Å². The third kappa shape index (κ3) is 2.98. The van der Waals surface area contributed by atoms with Crippen LogP contribution in [0.15, 0.2) is 49.2 Å². The molecule has 1 aromatic heterocycles. The van der Waals surface area contributed by atoms with Crippen molar-refractivity contribution in [1.82, 2.24) is 9.47 Å². The van der Waals surface area contributed by atoms with Crippen molar-refractivity contribution in [1.29, 1.82) is 0 Å². The number of rotatable bonds is 4. The van der Waals surface area contributed by atoms with Crippen LogP contribution in [0, 0.1) is 0 Å². The largest absolute Gasteiger partial charge is 0.484 e. The first-order chi connectivity index (χ1) is 16.6. The highest BCUT2D eigenvalue weighted by Crippen LogP contribution is 2.52. The molecule has 34 heavy (non-hydrogen) atoms. The predicted molar refractivity (Wildman–Crippen MR) is 124 cm³/mol. The second-order valence-electron chi connectivity index (χ2n) is 8.55. The molecule has 174 valence electrons. The van der Waals surface area contributed by atoms with Gasteiger partial charge >= 0.3 is 6.09 Å². The minimum absolute atomic E-state index is 0.0247. The smallest absolute Gasteiger partial charge is 0.418 e. The Hall–Kier alpha value is -3.94. The number of aromatic nitrogens is 1.